The fourth-order valence-corrected chi connectivity index (χ4v) is 1.09. The molecule has 0 aliphatic heterocycles. The fourth-order valence-electron chi connectivity index (χ4n) is 1.09. The maximum atomic E-state index is 13.4. The minimum Gasteiger partial charge on any atom is -0.481 e. The summed E-state index contributed by atoms with van der Waals surface area (Å²) in [5, 5.41) is 17.1. The lowest BCUT2D eigenvalue weighted by molar-refractivity contribution is -0.151. The number of hydrogen-bond acceptors (Lipinski definition) is 2. The molecule has 0 aromatic rings. The summed E-state index contributed by atoms with van der Waals surface area (Å²) in [5.74, 6) is -2.09. The van der Waals surface area contributed by atoms with E-state index in [4.69, 9.17) is 10.2 Å². The van der Waals surface area contributed by atoms with Gasteiger partial charge in [0.25, 0.3) is 0 Å². The largest absolute Gasteiger partial charge is 0.481 e. The van der Waals surface area contributed by atoms with E-state index in [2.05, 4.69) is 0 Å². The Morgan fingerprint density at radius 3 is 2.20 bits per heavy atom. The number of carboxylic acid groups (broad SMARTS) is 2. The number of aliphatic carboxylic acids is 2. The van der Waals surface area contributed by atoms with Crippen molar-refractivity contribution < 1.29 is 24.2 Å². The van der Waals surface area contributed by atoms with Crippen LogP contribution < -0.4 is 0 Å². The van der Waals surface area contributed by atoms with E-state index >= 15 is 0 Å². The predicted molar refractivity (Wildman–Crippen MR) is 52.4 cm³/mol. The highest BCUT2D eigenvalue weighted by Gasteiger charge is 2.36. The minimum atomic E-state index is -1.44. The van der Waals surface area contributed by atoms with E-state index in [1.54, 1.807) is 0 Å². The van der Waals surface area contributed by atoms with E-state index in [9.17, 15) is 14.0 Å². The van der Waals surface area contributed by atoms with Crippen LogP contribution in [0.3, 0.4) is 0 Å². The van der Waals surface area contributed by atoms with Crippen molar-refractivity contribution in [2.24, 2.45) is 5.41 Å². The Morgan fingerprint density at radius 2 is 1.80 bits per heavy atom. The van der Waals surface area contributed by atoms with Crippen LogP contribution in [0.2, 0.25) is 0 Å². The number of halogens is 1. The van der Waals surface area contributed by atoms with E-state index in [0.29, 0.717) is 12.8 Å². The molecule has 1 unspecified atom stereocenters. The maximum Gasteiger partial charge on any atom is 0.312 e. The number of rotatable bonds is 7. The molecule has 0 spiro atoms. The third kappa shape index (κ3) is 4.76. The van der Waals surface area contributed by atoms with E-state index in [1.165, 1.54) is 13.8 Å². The summed E-state index contributed by atoms with van der Waals surface area (Å²) in [7, 11) is 0. The van der Waals surface area contributed by atoms with Gasteiger partial charge in [0.15, 0.2) is 0 Å². The van der Waals surface area contributed by atoms with Gasteiger partial charge >= 0.3 is 11.9 Å². The van der Waals surface area contributed by atoms with Crippen molar-refractivity contribution in [1.29, 1.82) is 0 Å². The van der Waals surface area contributed by atoms with Gasteiger partial charge in [-0.25, -0.2) is 4.39 Å². The van der Waals surface area contributed by atoms with Crippen molar-refractivity contribution in [3.63, 3.8) is 0 Å². The molecule has 88 valence electrons. The zero-order valence-electron chi connectivity index (χ0n) is 8.99. The molecule has 0 heterocycles. The summed E-state index contributed by atoms with van der Waals surface area (Å²) < 4.78 is 13.4. The average Bonchev–Trinajstić information content (AvgIpc) is 2.11. The van der Waals surface area contributed by atoms with E-state index < -0.39 is 23.5 Å². The first-order valence-corrected chi connectivity index (χ1v) is 4.87. The van der Waals surface area contributed by atoms with E-state index in [-0.39, 0.29) is 12.8 Å². The van der Waals surface area contributed by atoms with Gasteiger partial charge in [0.05, 0.1) is 5.41 Å². The highest BCUT2D eigenvalue weighted by atomic mass is 19.1. The number of carboxylic acids is 2. The molecule has 0 aliphatic rings. The third-order valence-corrected chi connectivity index (χ3v) is 2.43. The van der Waals surface area contributed by atoms with Crippen molar-refractivity contribution in [2.45, 2.75) is 45.7 Å². The summed E-state index contributed by atoms with van der Waals surface area (Å²) >= 11 is 0. The Kier molecular flexibility index (Phi) is 5.25. The van der Waals surface area contributed by atoms with E-state index in [1.807, 2.05) is 0 Å². The molecule has 1 atom stereocenters. The summed E-state index contributed by atoms with van der Waals surface area (Å²) in [6.45, 7) is 2.66. The topological polar surface area (TPSA) is 74.6 Å². The van der Waals surface area contributed by atoms with Gasteiger partial charge in [0, 0.05) is 6.42 Å². The lowest BCUT2D eigenvalue weighted by Crippen LogP contribution is -2.34. The van der Waals surface area contributed by atoms with Crippen LogP contribution in [-0.4, -0.2) is 28.3 Å². The van der Waals surface area contributed by atoms with Crippen molar-refractivity contribution >= 4 is 11.9 Å². The number of alkyl halides is 1. The van der Waals surface area contributed by atoms with Gasteiger partial charge in [0.1, 0.15) is 6.17 Å². The van der Waals surface area contributed by atoms with Crippen LogP contribution in [0.4, 0.5) is 4.39 Å². The smallest absolute Gasteiger partial charge is 0.312 e. The van der Waals surface area contributed by atoms with Crippen LogP contribution in [-0.2, 0) is 9.59 Å². The molecule has 2 N–H and O–H groups in total. The molecule has 0 aromatic heterocycles. The summed E-state index contributed by atoms with van der Waals surface area (Å²) in [6.07, 6.45) is -0.577. The van der Waals surface area contributed by atoms with Crippen LogP contribution in [0.15, 0.2) is 0 Å². The lowest BCUT2D eigenvalue weighted by atomic mass is 9.85. The number of unbranched alkanes of at least 4 members (excludes halogenated alkanes) is 1. The molecule has 4 nitrogen and oxygen atoms in total. The molecule has 0 fully saturated rings. The van der Waals surface area contributed by atoms with Gasteiger partial charge in [-0.3, -0.25) is 9.59 Å². The second-order valence-electron chi connectivity index (χ2n) is 4.13. The standard InChI is InChI=1S/C10H17FO4/c1-10(2,9(14)15)7(11)5-3-4-6-8(12)13/h7H,3-6H2,1-2H3,(H,12,13)(H,14,15). The Morgan fingerprint density at radius 1 is 1.27 bits per heavy atom. The molecule has 0 amide bonds. The predicted octanol–water partition coefficient (Wildman–Crippen LogP) is 2.08. The van der Waals surface area contributed by atoms with Crippen LogP contribution >= 0.6 is 0 Å². The second-order valence-corrected chi connectivity index (χ2v) is 4.13. The van der Waals surface area contributed by atoms with Gasteiger partial charge in [-0.2, -0.15) is 0 Å². The van der Waals surface area contributed by atoms with Gasteiger partial charge in [-0.1, -0.05) is 0 Å². The molecule has 0 aliphatic carbocycles. The van der Waals surface area contributed by atoms with Gasteiger partial charge in [0.2, 0.25) is 0 Å². The first-order valence-electron chi connectivity index (χ1n) is 4.87. The third-order valence-electron chi connectivity index (χ3n) is 2.43. The van der Waals surface area contributed by atoms with Crippen LogP contribution in [0.25, 0.3) is 0 Å². The van der Waals surface area contributed by atoms with Gasteiger partial charge in [-0.05, 0) is 33.1 Å². The van der Waals surface area contributed by atoms with Crippen LogP contribution in [0.1, 0.15) is 39.5 Å². The van der Waals surface area contributed by atoms with Crippen molar-refractivity contribution in [3.05, 3.63) is 0 Å². The quantitative estimate of drug-likeness (QED) is 0.644. The first-order chi connectivity index (χ1) is 6.78. The molecule has 0 bridgehead atoms. The summed E-state index contributed by atoms with van der Waals surface area (Å²) in [6, 6.07) is 0. The molecule has 0 radical (unpaired) electrons. The molecular weight excluding hydrogens is 203 g/mol. The lowest BCUT2D eigenvalue weighted by Gasteiger charge is -2.23. The SMILES string of the molecule is CC(C)(C(=O)O)C(F)CCCCC(=O)O. The molecule has 0 saturated heterocycles. The normalized spacial score (nSPS) is 13.5. The molecule has 5 heteroatoms. The Bertz CT molecular complexity index is 238. The monoisotopic (exact) mass is 220 g/mol. The number of hydrogen-bond donors (Lipinski definition) is 2. The first kappa shape index (κ1) is 13.9. The molecular formula is C10H17FO4. The van der Waals surface area contributed by atoms with E-state index in [0.717, 1.165) is 0 Å². The zero-order chi connectivity index (χ0) is 12.1. The fraction of sp³-hybridized carbons (Fsp3) is 0.800. The Hall–Kier alpha value is -1.13. The highest BCUT2D eigenvalue weighted by molar-refractivity contribution is 5.74. The summed E-state index contributed by atoms with van der Waals surface area (Å²) in [5.41, 5.74) is -1.40. The molecule has 15 heavy (non-hydrogen) atoms. The molecule has 0 rings (SSSR count). The van der Waals surface area contributed by atoms with Gasteiger partial charge in [-0.15, -0.1) is 0 Å². The average molecular weight is 220 g/mol. The Labute approximate surface area is 88.1 Å². The Balaban J connectivity index is 3.88. The van der Waals surface area contributed by atoms with Crippen LogP contribution in [0, 0.1) is 5.41 Å². The van der Waals surface area contributed by atoms with Crippen molar-refractivity contribution in [1.82, 2.24) is 0 Å². The van der Waals surface area contributed by atoms with Crippen LogP contribution in [0.5, 0.6) is 0 Å². The second kappa shape index (κ2) is 5.68. The van der Waals surface area contributed by atoms with Crippen molar-refractivity contribution in [2.75, 3.05) is 0 Å². The number of carbonyl (C=O) groups is 2. The van der Waals surface area contributed by atoms with Gasteiger partial charge < -0.3 is 10.2 Å². The minimum absolute atomic E-state index is 0.000218. The molecule has 0 saturated carbocycles. The molecule has 0 aromatic carbocycles. The highest BCUT2D eigenvalue weighted by Crippen LogP contribution is 2.27. The summed E-state index contributed by atoms with van der Waals surface area (Å²) in [4.78, 5) is 20.8. The van der Waals surface area contributed by atoms with Crippen molar-refractivity contribution in [3.8, 4) is 0 Å². The maximum absolute atomic E-state index is 13.4. The zero-order valence-corrected chi connectivity index (χ0v) is 8.99.